The first kappa shape index (κ1) is 10.8. The molecule has 0 bridgehead atoms. The first-order valence-electron chi connectivity index (χ1n) is 5.04. The highest BCUT2D eigenvalue weighted by atomic mass is 16.5. The average molecular weight is 223 g/mol. The fourth-order valence-corrected chi connectivity index (χ4v) is 1.49. The van der Waals surface area contributed by atoms with Crippen LogP contribution in [0, 0.1) is 0 Å². The van der Waals surface area contributed by atoms with E-state index in [1.165, 1.54) is 13.3 Å². The summed E-state index contributed by atoms with van der Waals surface area (Å²) >= 11 is 0. The van der Waals surface area contributed by atoms with Crippen molar-refractivity contribution in [3.63, 3.8) is 0 Å². The number of morpholine rings is 1. The molecule has 0 spiro atoms. The van der Waals surface area contributed by atoms with Crippen molar-refractivity contribution in [2.75, 3.05) is 38.3 Å². The first-order valence-corrected chi connectivity index (χ1v) is 5.04. The summed E-state index contributed by atoms with van der Waals surface area (Å²) < 4.78 is 9.78. The number of rotatable bonds is 2. The number of carbonyl (C=O) groups excluding carboxylic acids is 1. The lowest BCUT2D eigenvalue weighted by molar-refractivity contribution is 0.0593. The van der Waals surface area contributed by atoms with E-state index in [9.17, 15) is 4.79 Å². The third-order valence-corrected chi connectivity index (χ3v) is 2.37. The summed E-state index contributed by atoms with van der Waals surface area (Å²) in [5, 5.41) is 0. The van der Waals surface area contributed by atoms with Crippen LogP contribution in [-0.4, -0.2) is 49.4 Å². The lowest BCUT2D eigenvalue weighted by Gasteiger charge is -2.27. The summed E-state index contributed by atoms with van der Waals surface area (Å²) in [6.45, 7) is 2.99. The molecule has 0 N–H and O–H groups in total. The van der Waals surface area contributed by atoms with Gasteiger partial charge in [0.2, 0.25) is 0 Å². The highest BCUT2D eigenvalue weighted by Gasteiger charge is 2.14. The van der Waals surface area contributed by atoms with Crippen LogP contribution >= 0.6 is 0 Å². The van der Waals surface area contributed by atoms with Crippen LogP contribution in [0.1, 0.15) is 10.5 Å². The largest absolute Gasteiger partial charge is 0.464 e. The smallest absolute Gasteiger partial charge is 0.358 e. The molecule has 0 atom stereocenters. The molecular formula is C10H13N3O3. The Bertz CT molecular complexity index is 360. The maximum Gasteiger partial charge on any atom is 0.358 e. The van der Waals surface area contributed by atoms with Crippen molar-refractivity contribution in [2.24, 2.45) is 0 Å². The zero-order chi connectivity index (χ0) is 11.4. The van der Waals surface area contributed by atoms with Crippen molar-refractivity contribution in [3.05, 3.63) is 18.1 Å². The second-order valence-corrected chi connectivity index (χ2v) is 3.35. The summed E-state index contributed by atoms with van der Waals surface area (Å²) in [5.74, 6) is 0.289. The van der Waals surface area contributed by atoms with Crippen molar-refractivity contribution in [1.82, 2.24) is 9.97 Å². The topological polar surface area (TPSA) is 64.5 Å². The predicted molar refractivity (Wildman–Crippen MR) is 56.4 cm³/mol. The summed E-state index contributed by atoms with van der Waals surface area (Å²) in [4.78, 5) is 21.4. The summed E-state index contributed by atoms with van der Waals surface area (Å²) in [6, 6.07) is 0. The van der Waals surface area contributed by atoms with Gasteiger partial charge >= 0.3 is 5.97 Å². The molecule has 16 heavy (non-hydrogen) atoms. The Hall–Kier alpha value is -1.69. The number of hydrogen-bond donors (Lipinski definition) is 0. The van der Waals surface area contributed by atoms with Crippen LogP contribution in [0.25, 0.3) is 0 Å². The number of esters is 1. The van der Waals surface area contributed by atoms with Gasteiger partial charge in [0.1, 0.15) is 5.82 Å². The summed E-state index contributed by atoms with van der Waals surface area (Å²) in [5.41, 5.74) is 0.222. The second-order valence-electron chi connectivity index (χ2n) is 3.35. The Balaban J connectivity index is 2.09. The van der Waals surface area contributed by atoms with E-state index >= 15 is 0 Å². The van der Waals surface area contributed by atoms with Gasteiger partial charge in [-0.2, -0.15) is 0 Å². The molecule has 1 aliphatic heterocycles. The van der Waals surface area contributed by atoms with Gasteiger partial charge in [-0.1, -0.05) is 0 Å². The number of hydrogen-bond acceptors (Lipinski definition) is 6. The molecule has 0 saturated carbocycles. The molecule has 0 amide bonds. The Morgan fingerprint density at radius 3 is 2.69 bits per heavy atom. The molecule has 1 fully saturated rings. The molecule has 0 unspecified atom stereocenters. The molecule has 2 rings (SSSR count). The Morgan fingerprint density at radius 2 is 2.12 bits per heavy atom. The predicted octanol–water partition coefficient (Wildman–Crippen LogP) is 0.0998. The van der Waals surface area contributed by atoms with E-state index in [0.29, 0.717) is 13.2 Å². The van der Waals surface area contributed by atoms with Gasteiger partial charge in [-0.25, -0.2) is 14.8 Å². The number of nitrogens with zero attached hydrogens (tertiary/aromatic N) is 3. The second kappa shape index (κ2) is 4.89. The van der Waals surface area contributed by atoms with E-state index in [-0.39, 0.29) is 5.69 Å². The number of anilines is 1. The van der Waals surface area contributed by atoms with Crippen molar-refractivity contribution < 1.29 is 14.3 Å². The van der Waals surface area contributed by atoms with Gasteiger partial charge in [-0.15, -0.1) is 0 Å². The Morgan fingerprint density at radius 1 is 1.38 bits per heavy atom. The van der Waals surface area contributed by atoms with E-state index in [2.05, 4.69) is 19.6 Å². The molecular weight excluding hydrogens is 210 g/mol. The van der Waals surface area contributed by atoms with Gasteiger partial charge in [0.05, 0.1) is 32.7 Å². The minimum atomic E-state index is -0.471. The molecule has 6 nitrogen and oxygen atoms in total. The van der Waals surface area contributed by atoms with E-state index in [0.717, 1.165) is 18.9 Å². The molecule has 0 aromatic carbocycles. The highest BCUT2D eigenvalue weighted by molar-refractivity contribution is 5.86. The fraction of sp³-hybridized carbons (Fsp3) is 0.500. The third kappa shape index (κ3) is 2.27. The fourth-order valence-electron chi connectivity index (χ4n) is 1.49. The van der Waals surface area contributed by atoms with Gasteiger partial charge in [0.25, 0.3) is 0 Å². The summed E-state index contributed by atoms with van der Waals surface area (Å²) in [6.07, 6.45) is 3.01. The Kier molecular flexibility index (Phi) is 3.31. The Labute approximate surface area is 93.2 Å². The highest BCUT2D eigenvalue weighted by Crippen LogP contribution is 2.11. The lowest BCUT2D eigenvalue weighted by atomic mass is 10.4. The summed E-state index contributed by atoms with van der Waals surface area (Å²) in [7, 11) is 1.32. The number of carbonyl (C=O) groups is 1. The van der Waals surface area contributed by atoms with Crippen LogP contribution in [-0.2, 0) is 9.47 Å². The molecule has 6 heteroatoms. The van der Waals surface area contributed by atoms with Crippen molar-refractivity contribution in [3.8, 4) is 0 Å². The van der Waals surface area contributed by atoms with Crippen LogP contribution < -0.4 is 4.90 Å². The standard InChI is InChI=1S/C10H13N3O3/c1-15-10(14)8-6-12-9(7-11-8)13-2-4-16-5-3-13/h6-7H,2-5H2,1H3. The zero-order valence-corrected chi connectivity index (χ0v) is 9.05. The van der Waals surface area contributed by atoms with Crippen LogP contribution in [0.4, 0.5) is 5.82 Å². The van der Waals surface area contributed by atoms with E-state index < -0.39 is 5.97 Å². The maximum absolute atomic E-state index is 11.1. The number of aromatic nitrogens is 2. The SMILES string of the molecule is COC(=O)c1cnc(N2CCOCC2)cn1. The van der Waals surface area contributed by atoms with E-state index in [1.54, 1.807) is 6.20 Å². The molecule has 1 aromatic heterocycles. The van der Waals surface area contributed by atoms with Crippen molar-refractivity contribution in [1.29, 1.82) is 0 Å². The lowest BCUT2D eigenvalue weighted by Crippen LogP contribution is -2.36. The van der Waals surface area contributed by atoms with Crippen LogP contribution in [0.15, 0.2) is 12.4 Å². The molecule has 2 heterocycles. The molecule has 1 aliphatic rings. The minimum absolute atomic E-state index is 0.222. The molecule has 1 saturated heterocycles. The molecule has 0 radical (unpaired) electrons. The number of ether oxygens (including phenoxy) is 2. The third-order valence-electron chi connectivity index (χ3n) is 2.37. The normalized spacial score (nSPS) is 15.9. The molecule has 0 aliphatic carbocycles. The maximum atomic E-state index is 11.1. The zero-order valence-electron chi connectivity index (χ0n) is 9.05. The quantitative estimate of drug-likeness (QED) is 0.662. The van der Waals surface area contributed by atoms with Crippen molar-refractivity contribution >= 4 is 11.8 Å². The number of methoxy groups -OCH3 is 1. The molecule has 86 valence electrons. The van der Waals surface area contributed by atoms with Gasteiger partial charge in [0.15, 0.2) is 5.69 Å². The van der Waals surface area contributed by atoms with Crippen LogP contribution in [0.2, 0.25) is 0 Å². The van der Waals surface area contributed by atoms with Gasteiger partial charge in [-0.05, 0) is 0 Å². The minimum Gasteiger partial charge on any atom is -0.464 e. The van der Waals surface area contributed by atoms with Gasteiger partial charge < -0.3 is 14.4 Å². The first-order chi connectivity index (χ1) is 7.81. The molecule has 1 aromatic rings. The van der Waals surface area contributed by atoms with Gasteiger partial charge in [0, 0.05) is 13.1 Å². The average Bonchev–Trinajstić information content (AvgIpc) is 2.39. The van der Waals surface area contributed by atoms with Crippen molar-refractivity contribution in [2.45, 2.75) is 0 Å². The van der Waals surface area contributed by atoms with Gasteiger partial charge in [-0.3, -0.25) is 0 Å². The monoisotopic (exact) mass is 223 g/mol. The van der Waals surface area contributed by atoms with Crippen LogP contribution in [0.3, 0.4) is 0 Å². The van der Waals surface area contributed by atoms with E-state index in [4.69, 9.17) is 4.74 Å². The van der Waals surface area contributed by atoms with Crippen LogP contribution in [0.5, 0.6) is 0 Å². The van der Waals surface area contributed by atoms with E-state index in [1.807, 2.05) is 0 Å².